The summed E-state index contributed by atoms with van der Waals surface area (Å²) in [6, 6.07) is 4.04. The normalized spacial score (nSPS) is 18.1. The Hall–Kier alpha value is -1.17. The van der Waals surface area contributed by atoms with E-state index in [0.29, 0.717) is 26.1 Å². The van der Waals surface area contributed by atoms with Gasteiger partial charge in [-0.2, -0.15) is 0 Å². The summed E-state index contributed by atoms with van der Waals surface area (Å²) < 4.78 is 18.4. The van der Waals surface area contributed by atoms with Crippen LogP contribution in [0.5, 0.6) is 0 Å². The number of rotatable bonds is 3. The molecule has 1 fully saturated rings. The van der Waals surface area contributed by atoms with Gasteiger partial charge >= 0.3 is 0 Å². The number of amides is 1. The summed E-state index contributed by atoms with van der Waals surface area (Å²) in [4.78, 5) is 11.9. The van der Waals surface area contributed by atoms with E-state index in [2.05, 4.69) is 5.32 Å². The second-order valence-corrected chi connectivity index (χ2v) is 5.00. The van der Waals surface area contributed by atoms with Crippen molar-refractivity contribution in [1.29, 1.82) is 0 Å². The first kappa shape index (κ1) is 14.2. The molecule has 0 saturated carbocycles. The van der Waals surface area contributed by atoms with Crippen molar-refractivity contribution in [1.82, 2.24) is 5.32 Å². The van der Waals surface area contributed by atoms with Crippen molar-refractivity contribution in [3.63, 3.8) is 0 Å². The number of halogens is 2. The number of ether oxygens (including phenoxy) is 1. The molecule has 104 valence electrons. The van der Waals surface area contributed by atoms with Crippen LogP contribution in [0, 0.1) is 5.82 Å². The average Bonchev–Trinajstić information content (AvgIpc) is 2.40. The van der Waals surface area contributed by atoms with Gasteiger partial charge in [0.1, 0.15) is 5.82 Å². The first-order chi connectivity index (χ1) is 9.02. The number of carbonyl (C=O) groups is 1. The minimum atomic E-state index is -0.965. The maximum absolute atomic E-state index is 13.2. The molecular formula is C13H15ClFNO3. The Bertz CT molecular complexity index is 475. The molecule has 1 aromatic carbocycles. The zero-order valence-corrected chi connectivity index (χ0v) is 11.0. The first-order valence-corrected chi connectivity index (χ1v) is 6.42. The molecule has 2 rings (SSSR count). The highest BCUT2D eigenvalue weighted by Crippen LogP contribution is 2.21. The maximum atomic E-state index is 13.2. The number of hydrogen-bond acceptors (Lipinski definition) is 3. The predicted octanol–water partition coefficient (Wildman–Crippen LogP) is 1.75. The minimum Gasteiger partial charge on any atom is -0.388 e. The number of benzene rings is 1. The quantitative estimate of drug-likeness (QED) is 0.890. The van der Waals surface area contributed by atoms with E-state index < -0.39 is 17.3 Å². The van der Waals surface area contributed by atoms with Gasteiger partial charge in [0.15, 0.2) is 0 Å². The predicted molar refractivity (Wildman–Crippen MR) is 68.7 cm³/mol. The maximum Gasteiger partial charge on any atom is 0.253 e. The highest BCUT2D eigenvalue weighted by Gasteiger charge is 2.30. The molecule has 0 radical (unpaired) electrons. The molecule has 0 aromatic heterocycles. The third-order valence-electron chi connectivity index (χ3n) is 3.20. The standard InChI is InChI=1S/C13H15ClFNO3/c14-11-9(2-1-3-10(11)15)12(17)16-8-13(18)4-6-19-7-5-13/h1-3,18H,4-8H2,(H,16,17). The Balaban J connectivity index is 1.99. The summed E-state index contributed by atoms with van der Waals surface area (Å²) in [5, 5.41) is 12.6. The van der Waals surface area contributed by atoms with Crippen LogP contribution in [0.15, 0.2) is 18.2 Å². The van der Waals surface area contributed by atoms with Crippen molar-refractivity contribution < 1.29 is 19.0 Å². The molecule has 19 heavy (non-hydrogen) atoms. The Morgan fingerprint density at radius 1 is 1.47 bits per heavy atom. The van der Waals surface area contributed by atoms with E-state index in [4.69, 9.17) is 16.3 Å². The van der Waals surface area contributed by atoms with Gasteiger partial charge in [-0.3, -0.25) is 4.79 Å². The van der Waals surface area contributed by atoms with Crippen LogP contribution in [0.4, 0.5) is 4.39 Å². The minimum absolute atomic E-state index is 0.0670. The Morgan fingerprint density at radius 2 is 2.16 bits per heavy atom. The van der Waals surface area contributed by atoms with Crippen LogP contribution < -0.4 is 5.32 Å². The number of nitrogens with one attached hydrogen (secondary N) is 1. The Kier molecular flexibility index (Phi) is 4.39. The second kappa shape index (κ2) is 5.86. The molecule has 0 spiro atoms. The van der Waals surface area contributed by atoms with Gasteiger partial charge in [0.05, 0.1) is 16.2 Å². The van der Waals surface area contributed by atoms with Crippen LogP contribution in [-0.2, 0) is 4.74 Å². The lowest BCUT2D eigenvalue weighted by molar-refractivity contribution is -0.0605. The first-order valence-electron chi connectivity index (χ1n) is 6.04. The number of aliphatic hydroxyl groups is 1. The zero-order valence-electron chi connectivity index (χ0n) is 10.3. The highest BCUT2D eigenvalue weighted by molar-refractivity contribution is 6.34. The van der Waals surface area contributed by atoms with Crippen molar-refractivity contribution in [2.45, 2.75) is 18.4 Å². The monoisotopic (exact) mass is 287 g/mol. The zero-order chi connectivity index (χ0) is 13.9. The summed E-state index contributed by atoms with van der Waals surface area (Å²) in [6.07, 6.45) is 0.925. The summed E-state index contributed by atoms with van der Waals surface area (Å²) >= 11 is 5.73. The van der Waals surface area contributed by atoms with Gasteiger partial charge in [-0.1, -0.05) is 17.7 Å². The average molecular weight is 288 g/mol. The van der Waals surface area contributed by atoms with Crippen LogP contribution >= 0.6 is 11.6 Å². The molecule has 2 N–H and O–H groups in total. The molecule has 1 saturated heterocycles. The third-order valence-corrected chi connectivity index (χ3v) is 3.58. The van der Waals surface area contributed by atoms with Gasteiger partial charge in [0.25, 0.3) is 5.91 Å². The van der Waals surface area contributed by atoms with Gasteiger partial charge in [-0.15, -0.1) is 0 Å². The molecule has 0 unspecified atom stereocenters. The molecular weight excluding hydrogens is 273 g/mol. The van der Waals surface area contributed by atoms with E-state index in [1.54, 1.807) is 0 Å². The van der Waals surface area contributed by atoms with E-state index >= 15 is 0 Å². The van der Waals surface area contributed by atoms with E-state index in [0.717, 1.165) is 0 Å². The lowest BCUT2D eigenvalue weighted by Gasteiger charge is -2.32. The second-order valence-electron chi connectivity index (χ2n) is 4.62. The van der Waals surface area contributed by atoms with Gasteiger partial charge < -0.3 is 15.2 Å². The van der Waals surface area contributed by atoms with Gasteiger partial charge in [0, 0.05) is 32.6 Å². The van der Waals surface area contributed by atoms with Crippen molar-refractivity contribution >= 4 is 17.5 Å². The van der Waals surface area contributed by atoms with E-state index in [1.165, 1.54) is 18.2 Å². The Labute approximate surface area is 115 Å². The van der Waals surface area contributed by atoms with Crippen molar-refractivity contribution in [3.05, 3.63) is 34.6 Å². The molecule has 4 nitrogen and oxygen atoms in total. The van der Waals surface area contributed by atoms with E-state index in [9.17, 15) is 14.3 Å². The fourth-order valence-electron chi connectivity index (χ4n) is 1.95. The largest absolute Gasteiger partial charge is 0.388 e. The molecule has 0 aliphatic carbocycles. The molecule has 1 aromatic rings. The molecule has 1 amide bonds. The van der Waals surface area contributed by atoms with Gasteiger partial charge in [-0.05, 0) is 12.1 Å². The fraction of sp³-hybridized carbons (Fsp3) is 0.462. The van der Waals surface area contributed by atoms with Crippen LogP contribution in [-0.4, -0.2) is 36.4 Å². The molecule has 6 heteroatoms. The fourth-order valence-corrected chi connectivity index (χ4v) is 2.16. The topological polar surface area (TPSA) is 58.6 Å². The summed E-state index contributed by atoms with van der Waals surface area (Å²) in [6.45, 7) is 1.03. The van der Waals surface area contributed by atoms with E-state index in [-0.39, 0.29) is 17.1 Å². The van der Waals surface area contributed by atoms with Gasteiger partial charge in [-0.25, -0.2) is 4.39 Å². The lowest BCUT2D eigenvalue weighted by Crippen LogP contribution is -2.46. The van der Waals surface area contributed by atoms with Crippen molar-refractivity contribution in [3.8, 4) is 0 Å². The third kappa shape index (κ3) is 3.43. The summed E-state index contributed by atoms with van der Waals surface area (Å²) in [5.74, 6) is -1.14. The highest BCUT2D eigenvalue weighted by atomic mass is 35.5. The SMILES string of the molecule is O=C(NCC1(O)CCOCC1)c1cccc(F)c1Cl. The molecule has 1 aliphatic rings. The van der Waals surface area contributed by atoms with Crippen LogP contribution in [0.3, 0.4) is 0 Å². The van der Waals surface area contributed by atoms with Crippen LogP contribution in [0.25, 0.3) is 0 Å². The lowest BCUT2D eigenvalue weighted by atomic mass is 9.94. The van der Waals surface area contributed by atoms with Crippen molar-refractivity contribution in [2.24, 2.45) is 0 Å². The molecule has 0 bridgehead atoms. The Morgan fingerprint density at radius 3 is 2.84 bits per heavy atom. The summed E-state index contributed by atoms with van der Waals surface area (Å²) in [7, 11) is 0. The smallest absolute Gasteiger partial charge is 0.253 e. The molecule has 1 heterocycles. The van der Waals surface area contributed by atoms with E-state index in [1.807, 2.05) is 0 Å². The van der Waals surface area contributed by atoms with Gasteiger partial charge in [0.2, 0.25) is 0 Å². The van der Waals surface area contributed by atoms with Crippen molar-refractivity contribution in [2.75, 3.05) is 19.8 Å². The molecule has 1 aliphatic heterocycles. The van der Waals surface area contributed by atoms with Crippen LogP contribution in [0.1, 0.15) is 23.2 Å². The van der Waals surface area contributed by atoms with Crippen LogP contribution in [0.2, 0.25) is 5.02 Å². The number of carbonyl (C=O) groups excluding carboxylic acids is 1. The number of hydrogen-bond donors (Lipinski definition) is 2. The summed E-state index contributed by atoms with van der Waals surface area (Å²) in [5.41, 5.74) is -0.898. The molecule has 0 atom stereocenters.